The Bertz CT molecular complexity index is 1100. The fourth-order valence-electron chi connectivity index (χ4n) is 2.93. The van der Waals surface area contributed by atoms with E-state index in [0.29, 0.717) is 29.2 Å². The number of nitrogens with zero attached hydrogens (tertiary/aromatic N) is 1. The number of pyridine rings is 1. The standard InChI is InChI=1S/C22H22FN5O3/c1-2-25-19-10-15(4-6-16(19)21(29)30)14-5-7-18(17(23)9-14)28-22(31)27-12-13-3-8-20(24)26-11-13/h3-11,25H,2,12H2,1H3,(H2,24,26)(H,29,30)(H2,27,28,31). The summed E-state index contributed by atoms with van der Waals surface area (Å²) in [5, 5.41) is 17.4. The van der Waals surface area contributed by atoms with Crippen molar-refractivity contribution in [1.82, 2.24) is 10.3 Å². The molecule has 0 radical (unpaired) electrons. The average molecular weight is 423 g/mol. The number of amides is 2. The van der Waals surface area contributed by atoms with Crippen LogP contribution in [0.3, 0.4) is 0 Å². The maximum Gasteiger partial charge on any atom is 0.337 e. The van der Waals surface area contributed by atoms with E-state index in [1.54, 1.807) is 36.5 Å². The first-order chi connectivity index (χ1) is 14.9. The second-order valence-corrected chi connectivity index (χ2v) is 6.69. The molecule has 3 rings (SSSR count). The fraction of sp³-hybridized carbons (Fsp3) is 0.136. The van der Waals surface area contributed by atoms with Crippen molar-refractivity contribution in [2.75, 3.05) is 22.9 Å². The molecule has 0 saturated heterocycles. The molecule has 160 valence electrons. The molecule has 9 heteroatoms. The number of carbonyl (C=O) groups excluding carboxylic acids is 1. The lowest BCUT2D eigenvalue weighted by atomic mass is 10.0. The predicted molar refractivity (Wildman–Crippen MR) is 117 cm³/mol. The number of carboxylic acids is 1. The molecule has 0 aliphatic carbocycles. The van der Waals surface area contributed by atoms with Gasteiger partial charge in [0, 0.05) is 25.0 Å². The normalized spacial score (nSPS) is 10.4. The number of nitrogen functional groups attached to an aromatic ring is 1. The summed E-state index contributed by atoms with van der Waals surface area (Å²) >= 11 is 0. The first kappa shape index (κ1) is 21.6. The summed E-state index contributed by atoms with van der Waals surface area (Å²) in [6, 6.07) is 11.9. The van der Waals surface area contributed by atoms with Crippen molar-refractivity contribution >= 4 is 29.2 Å². The Kier molecular flexibility index (Phi) is 6.66. The molecule has 2 amide bonds. The lowest BCUT2D eigenvalue weighted by Gasteiger charge is -2.12. The van der Waals surface area contributed by atoms with Crippen molar-refractivity contribution in [3.63, 3.8) is 0 Å². The van der Waals surface area contributed by atoms with Crippen LogP contribution in [0.4, 0.5) is 26.4 Å². The highest BCUT2D eigenvalue weighted by Gasteiger charge is 2.13. The van der Waals surface area contributed by atoms with E-state index in [-0.39, 0.29) is 17.8 Å². The Morgan fingerprint density at radius 3 is 2.45 bits per heavy atom. The highest BCUT2D eigenvalue weighted by Crippen LogP contribution is 2.28. The number of aromatic nitrogens is 1. The summed E-state index contributed by atoms with van der Waals surface area (Å²) in [4.78, 5) is 27.4. The van der Waals surface area contributed by atoms with E-state index in [1.165, 1.54) is 18.2 Å². The van der Waals surface area contributed by atoms with Gasteiger partial charge >= 0.3 is 12.0 Å². The first-order valence-corrected chi connectivity index (χ1v) is 9.53. The molecule has 0 aliphatic heterocycles. The van der Waals surface area contributed by atoms with E-state index in [0.717, 1.165) is 5.56 Å². The van der Waals surface area contributed by atoms with Crippen LogP contribution in [0.25, 0.3) is 11.1 Å². The SMILES string of the molecule is CCNc1cc(-c2ccc(NC(=O)NCc3ccc(N)nc3)c(F)c2)ccc1C(=O)O. The van der Waals surface area contributed by atoms with Crippen LogP contribution >= 0.6 is 0 Å². The van der Waals surface area contributed by atoms with Crippen molar-refractivity contribution in [2.24, 2.45) is 0 Å². The molecule has 1 heterocycles. The second-order valence-electron chi connectivity index (χ2n) is 6.69. The lowest BCUT2D eigenvalue weighted by Crippen LogP contribution is -2.28. The lowest BCUT2D eigenvalue weighted by molar-refractivity contribution is 0.0698. The number of urea groups is 1. The van der Waals surface area contributed by atoms with Crippen molar-refractivity contribution in [2.45, 2.75) is 13.5 Å². The molecule has 0 aliphatic rings. The number of hydrogen-bond acceptors (Lipinski definition) is 5. The van der Waals surface area contributed by atoms with Crippen LogP contribution in [0, 0.1) is 5.82 Å². The highest BCUT2D eigenvalue weighted by molar-refractivity contribution is 5.95. The Balaban J connectivity index is 1.71. The summed E-state index contributed by atoms with van der Waals surface area (Å²) in [5.74, 6) is -1.28. The van der Waals surface area contributed by atoms with Crippen LogP contribution in [-0.2, 0) is 6.54 Å². The topological polar surface area (TPSA) is 129 Å². The van der Waals surface area contributed by atoms with Crippen LogP contribution in [0.1, 0.15) is 22.8 Å². The summed E-state index contributed by atoms with van der Waals surface area (Å²) in [6.07, 6.45) is 1.54. The average Bonchev–Trinajstić information content (AvgIpc) is 2.75. The van der Waals surface area contributed by atoms with Crippen LogP contribution in [0.2, 0.25) is 0 Å². The first-order valence-electron chi connectivity index (χ1n) is 9.53. The second kappa shape index (κ2) is 9.57. The van der Waals surface area contributed by atoms with Gasteiger partial charge in [0.05, 0.1) is 11.3 Å². The number of carbonyl (C=O) groups is 2. The Morgan fingerprint density at radius 1 is 1.06 bits per heavy atom. The van der Waals surface area contributed by atoms with Gasteiger partial charge in [-0.2, -0.15) is 0 Å². The minimum absolute atomic E-state index is 0.0192. The summed E-state index contributed by atoms with van der Waals surface area (Å²) in [7, 11) is 0. The number of halogens is 1. The predicted octanol–water partition coefficient (Wildman–Crippen LogP) is 3.92. The van der Waals surface area contributed by atoms with E-state index in [2.05, 4.69) is 20.9 Å². The quantitative estimate of drug-likeness (QED) is 0.392. The number of nitrogens with one attached hydrogen (secondary N) is 3. The minimum atomic E-state index is -1.05. The van der Waals surface area contributed by atoms with Gasteiger partial charge in [0.1, 0.15) is 11.6 Å². The third kappa shape index (κ3) is 5.47. The molecule has 0 fully saturated rings. The van der Waals surface area contributed by atoms with Crippen LogP contribution in [-0.4, -0.2) is 28.6 Å². The molecular formula is C22H22FN5O3. The van der Waals surface area contributed by atoms with Gasteiger partial charge in [-0.3, -0.25) is 0 Å². The van der Waals surface area contributed by atoms with Crippen molar-refractivity contribution in [3.8, 4) is 11.1 Å². The molecule has 3 aromatic rings. The van der Waals surface area contributed by atoms with Gasteiger partial charge < -0.3 is 26.8 Å². The van der Waals surface area contributed by atoms with E-state index < -0.39 is 17.8 Å². The van der Waals surface area contributed by atoms with Crippen LogP contribution in [0.5, 0.6) is 0 Å². The van der Waals surface area contributed by atoms with E-state index in [4.69, 9.17) is 5.73 Å². The molecule has 0 spiro atoms. The van der Waals surface area contributed by atoms with Crippen molar-refractivity contribution in [1.29, 1.82) is 0 Å². The van der Waals surface area contributed by atoms with Crippen LogP contribution < -0.4 is 21.7 Å². The van der Waals surface area contributed by atoms with Gasteiger partial charge in [-0.15, -0.1) is 0 Å². The van der Waals surface area contributed by atoms with Crippen LogP contribution in [0.15, 0.2) is 54.7 Å². The number of nitrogens with two attached hydrogens (primary N) is 1. The monoisotopic (exact) mass is 423 g/mol. The summed E-state index contributed by atoms with van der Waals surface area (Å²) in [6.45, 7) is 2.61. The number of rotatable bonds is 7. The zero-order valence-electron chi connectivity index (χ0n) is 16.8. The maximum atomic E-state index is 14.6. The van der Waals surface area contributed by atoms with E-state index >= 15 is 0 Å². The van der Waals surface area contributed by atoms with Gasteiger partial charge in [-0.25, -0.2) is 19.0 Å². The van der Waals surface area contributed by atoms with Crippen molar-refractivity contribution < 1.29 is 19.1 Å². The minimum Gasteiger partial charge on any atom is -0.478 e. The number of anilines is 3. The third-order valence-electron chi connectivity index (χ3n) is 4.47. The summed E-state index contributed by atoms with van der Waals surface area (Å²) in [5.41, 5.74) is 8.07. The maximum absolute atomic E-state index is 14.6. The molecule has 0 bridgehead atoms. The Morgan fingerprint density at radius 2 is 1.81 bits per heavy atom. The molecule has 31 heavy (non-hydrogen) atoms. The van der Waals surface area contributed by atoms with Gasteiger partial charge in [-0.1, -0.05) is 18.2 Å². The van der Waals surface area contributed by atoms with E-state index in [9.17, 15) is 19.1 Å². The largest absolute Gasteiger partial charge is 0.478 e. The number of benzene rings is 2. The van der Waals surface area contributed by atoms with Gasteiger partial charge in [0.25, 0.3) is 0 Å². The molecule has 2 aromatic carbocycles. The van der Waals surface area contributed by atoms with Gasteiger partial charge in [0.2, 0.25) is 0 Å². The molecule has 1 aromatic heterocycles. The van der Waals surface area contributed by atoms with Gasteiger partial charge in [0.15, 0.2) is 0 Å². The molecule has 0 atom stereocenters. The number of hydrogen-bond donors (Lipinski definition) is 5. The highest BCUT2D eigenvalue weighted by atomic mass is 19.1. The number of carboxylic acid groups (broad SMARTS) is 1. The Labute approximate surface area is 178 Å². The number of aromatic carboxylic acids is 1. The Hall–Kier alpha value is -4.14. The van der Waals surface area contributed by atoms with Gasteiger partial charge in [-0.05, 0) is 53.9 Å². The fourth-order valence-corrected chi connectivity index (χ4v) is 2.93. The molecular weight excluding hydrogens is 401 g/mol. The molecule has 6 N–H and O–H groups in total. The van der Waals surface area contributed by atoms with Crippen molar-refractivity contribution in [3.05, 3.63) is 71.7 Å². The molecule has 8 nitrogen and oxygen atoms in total. The molecule has 0 unspecified atom stereocenters. The zero-order chi connectivity index (χ0) is 22.4. The summed E-state index contributed by atoms with van der Waals surface area (Å²) < 4.78 is 14.6. The third-order valence-corrected chi connectivity index (χ3v) is 4.47. The zero-order valence-corrected chi connectivity index (χ0v) is 16.8. The molecule has 0 saturated carbocycles. The van der Waals surface area contributed by atoms with E-state index in [1.807, 2.05) is 6.92 Å². The smallest absolute Gasteiger partial charge is 0.337 e.